The number of ketones is 1. The van der Waals surface area contributed by atoms with Gasteiger partial charge in [0.2, 0.25) is 0 Å². The van der Waals surface area contributed by atoms with E-state index >= 15 is 0 Å². The number of piperidine rings is 1. The summed E-state index contributed by atoms with van der Waals surface area (Å²) in [6.45, 7) is 3.75. The van der Waals surface area contributed by atoms with Gasteiger partial charge in [-0.25, -0.2) is 0 Å². The van der Waals surface area contributed by atoms with Gasteiger partial charge in [-0.05, 0) is 6.92 Å². The molecule has 0 aliphatic carbocycles. The minimum absolute atomic E-state index is 0.0934. The molecule has 3 rings (SSSR count). The number of hydrogen-bond donors (Lipinski definition) is 0. The normalized spacial score (nSPS) is 47.9. The molecule has 0 spiro atoms. The van der Waals surface area contributed by atoms with Gasteiger partial charge in [-0.15, -0.1) is 0 Å². The van der Waals surface area contributed by atoms with Gasteiger partial charge < -0.3 is 9.47 Å². The summed E-state index contributed by atoms with van der Waals surface area (Å²) in [6, 6.07) is 0.284. The summed E-state index contributed by atoms with van der Waals surface area (Å²) in [5.74, 6) is 0.370. The molecule has 0 amide bonds. The fraction of sp³-hybridized carbons (Fsp3) is 0.900. The second-order valence-corrected chi connectivity index (χ2v) is 4.40. The van der Waals surface area contributed by atoms with Crippen LogP contribution in [0.4, 0.5) is 0 Å². The van der Waals surface area contributed by atoms with Crippen molar-refractivity contribution >= 4 is 5.78 Å². The quantitative estimate of drug-likeness (QED) is 0.554. The zero-order chi connectivity index (χ0) is 9.71. The Morgan fingerprint density at radius 3 is 3.14 bits per heavy atom. The largest absolute Gasteiger partial charge is 0.346 e. The lowest BCUT2D eigenvalue weighted by Gasteiger charge is -2.30. The Kier molecular flexibility index (Phi) is 1.90. The van der Waals surface area contributed by atoms with E-state index in [1.165, 1.54) is 0 Å². The highest BCUT2D eigenvalue weighted by atomic mass is 16.7. The van der Waals surface area contributed by atoms with E-state index in [0.717, 1.165) is 13.1 Å². The fourth-order valence-corrected chi connectivity index (χ4v) is 2.83. The second kappa shape index (κ2) is 3.02. The molecular weight excluding hydrogens is 182 g/mol. The van der Waals surface area contributed by atoms with E-state index in [0.29, 0.717) is 18.6 Å². The predicted octanol–water partition coefficient (Wildman–Crippen LogP) is 0.163. The lowest BCUT2D eigenvalue weighted by Crippen LogP contribution is -2.43. The zero-order valence-electron chi connectivity index (χ0n) is 8.31. The third kappa shape index (κ3) is 1.21. The van der Waals surface area contributed by atoms with Crippen molar-refractivity contribution in [1.82, 2.24) is 4.90 Å². The first kappa shape index (κ1) is 8.83. The van der Waals surface area contributed by atoms with E-state index in [9.17, 15) is 4.79 Å². The Labute approximate surface area is 83.2 Å². The number of carbonyl (C=O) groups is 1. The monoisotopic (exact) mass is 197 g/mol. The fourth-order valence-electron chi connectivity index (χ4n) is 2.83. The summed E-state index contributed by atoms with van der Waals surface area (Å²) in [5, 5.41) is 0. The molecule has 3 heterocycles. The highest BCUT2D eigenvalue weighted by Crippen LogP contribution is 2.34. The standard InChI is InChI=1S/C10H15NO3/c1-6-13-9-5-11-3-2-7(12)4-8(11)10(9)14-6/h6,8-10H,2-5H2,1H3/t6?,8-,9?,10?/m0/s1. The molecular formula is C10H15NO3. The lowest BCUT2D eigenvalue weighted by molar-refractivity contribution is -0.126. The Bertz CT molecular complexity index is 268. The molecule has 0 aromatic rings. The average Bonchev–Trinajstić information content (AvgIpc) is 2.62. The van der Waals surface area contributed by atoms with Crippen molar-refractivity contribution in [3.63, 3.8) is 0 Å². The molecule has 0 radical (unpaired) electrons. The van der Waals surface area contributed by atoms with Crippen molar-refractivity contribution in [2.75, 3.05) is 13.1 Å². The number of Topliss-reactive ketones (excluding diaryl/α,β-unsaturated/α-hetero) is 1. The molecule has 3 unspecified atom stereocenters. The van der Waals surface area contributed by atoms with Crippen molar-refractivity contribution < 1.29 is 14.3 Å². The molecule has 0 N–H and O–H groups in total. The molecule has 3 aliphatic rings. The van der Waals surface area contributed by atoms with Crippen LogP contribution in [-0.2, 0) is 14.3 Å². The Morgan fingerprint density at radius 1 is 1.43 bits per heavy atom. The van der Waals surface area contributed by atoms with Crippen LogP contribution >= 0.6 is 0 Å². The Morgan fingerprint density at radius 2 is 2.29 bits per heavy atom. The first-order valence-corrected chi connectivity index (χ1v) is 5.31. The number of ether oxygens (including phenoxy) is 2. The minimum Gasteiger partial charge on any atom is -0.346 e. The summed E-state index contributed by atoms with van der Waals surface area (Å²) in [7, 11) is 0. The van der Waals surface area contributed by atoms with Gasteiger partial charge in [0, 0.05) is 32.0 Å². The van der Waals surface area contributed by atoms with Crippen molar-refractivity contribution in [1.29, 1.82) is 0 Å². The molecule has 78 valence electrons. The molecule has 4 nitrogen and oxygen atoms in total. The van der Waals surface area contributed by atoms with Crippen molar-refractivity contribution in [2.45, 2.75) is 44.3 Å². The summed E-state index contributed by atoms with van der Waals surface area (Å²) in [6.07, 6.45) is 1.59. The molecule has 0 saturated carbocycles. The summed E-state index contributed by atoms with van der Waals surface area (Å²) in [4.78, 5) is 13.7. The first-order valence-electron chi connectivity index (χ1n) is 5.31. The molecule has 3 saturated heterocycles. The maximum Gasteiger partial charge on any atom is 0.155 e. The third-order valence-electron chi connectivity index (χ3n) is 3.46. The second-order valence-electron chi connectivity index (χ2n) is 4.40. The molecule has 0 aromatic carbocycles. The Balaban J connectivity index is 1.78. The van der Waals surface area contributed by atoms with Crippen LogP contribution in [0.25, 0.3) is 0 Å². The molecule has 0 bridgehead atoms. The average molecular weight is 197 g/mol. The van der Waals surface area contributed by atoms with Gasteiger partial charge in [0.25, 0.3) is 0 Å². The number of carbonyl (C=O) groups excluding carboxylic acids is 1. The van der Waals surface area contributed by atoms with Gasteiger partial charge in [-0.2, -0.15) is 0 Å². The van der Waals surface area contributed by atoms with Gasteiger partial charge in [-0.3, -0.25) is 9.69 Å². The topological polar surface area (TPSA) is 38.8 Å². The van der Waals surface area contributed by atoms with Crippen LogP contribution in [0.2, 0.25) is 0 Å². The number of rotatable bonds is 0. The molecule has 4 atom stereocenters. The van der Waals surface area contributed by atoms with Gasteiger partial charge in [0.05, 0.1) is 0 Å². The van der Waals surface area contributed by atoms with Crippen LogP contribution in [0.3, 0.4) is 0 Å². The van der Waals surface area contributed by atoms with E-state index in [1.807, 2.05) is 6.92 Å². The van der Waals surface area contributed by atoms with Crippen LogP contribution < -0.4 is 0 Å². The molecule has 3 fully saturated rings. The molecule has 4 heteroatoms. The van der Waals surface area contributed by atoms with Gasteiger partial charge in [-0.1, -0.05) is 0 Å². The molecule has 0 aromatic heterocycles. The Hall–Kier alpha value is -0.450. The van der Waals surface area contributed by atoms with Crippen molar-refractivity contribution in [3.05, 3.63) is 0 Å². The van der Waals surface area contributed by atoms with Gasteiger partial charge in [0.15, 0.2) is 6.29 Å². The number of hydrogen-bond acceptors (Lipinski definition) is 4. The zero-order valence-corrected chi connectivity index (χ0v) is 8.31. The number of fused-ring (bicyclic) bond motifs is 3. The minimum atomic E-state index is -0.0934. The van der Waals surface area contributed by atoms with E-state index in [-0.39, 0.29) is 24.5 Å². The highest BCUT2D eigenvalue weighted by Gasteiger charge is 2.50. The SMILES string of the molecule is CC1OC2CN3CCC(=O)C[C@H]3C2O1. The van der Waals surface area contributed by atoms with E-state index in [4.69, 9.17) is 9.47 Å². The lowest BCUT2D eigenvalue weighted by atomic mass is 9.99. The van der Waals surface area contributed by atoms with E-state index in [1.54, 1.807) is 0 Å². The summed E-state index contributed by atoms with van der Waals surface area (Å²) >= 11 is 0. The first-order chi connectivity index (χ1) is 6.74. The van der Waals surface area contributed by atoms with Crippen LogP contribution in [0, 0.1) is 0 Å². The number of nitrogens with zero attached hydrogens (tertiary/aromatic N) is 1. The maximum atomic E-state index is 11.4. The van der Waals surface area contributed by atoms with E-state index < -0.39 is 0 Å². The summed E-state index contributed by atoms with van der Waals surface area (Å²) < 4.78 is 11.3. The van der Waals surface area contributed by atoms with Gasteiger partial charge >= 0.3 is 0 Å². The van der Waals surface area contributed by atoms with Crippen LogP contribution in [0.5, 0.6) is 0 Å². The molecule has 14 heavy (non-hydrogen) atoms. The molecule has 3 aliphatic heterocycles. The third-order valence-corrected chi connectivity index (χ3v) is 3.46. The van der Waals surface area contributed by atoms with E-state index in [2.05, 4.69) is 4.90 Å². The summed E-state index contributed by atoms with van der Waals surface area (Å²) in [5.41, 5.74) is 0. The van der Waals surface area contributed by atoms with Crippen molar-refractivity contribution in [2.24, 2.45) is 0 Å². The van der Waals surface area contributed by atoms with Crippen LogP contribution in [0.15, 0.2) is 0 Å². The van der Waals surface area contributed by atoms with Crippen molar-refractivity contribution in [3.8, 4) is 0 Å². The van der Waals surface area contributed by atoms with Crippen LogP contribution in [0.1, 0.15) is 19.8 Å². The highest BCUT2D eigenvalue weighted by molar-refractivity contribution is 5.80. The van der Waals surface area contributed by atoms with Crippen LogP contribution in [-0.4, -0.2) is 48.3 Å². The maximum absolute atomic E-state index is 11.4. The van der Waals surface area contributed by atoms with Gasteiger partial charge in [0.1, 0.15) is 18.0 Å². The smallest absolute Gasteiger partial charge is 0.155 e. The predicted molar refractivity (Wildman–Crippen MR) is 48.8 cm³/mol.